The van der Waals surface area contributed by atoms with Crippen LogP contribution in [0.4, 0.5) is 34.1 Å². The quantitative estimate of drug-likeness (QED) is 0.113. The lowest BCUT2D eigenvalue weighted by molar-refractivity contribution is 0.590. The van der Waals surface area contributed by atoms with Crippen LogP contribution in [0.25, 0.3) is 89.0 Å². The Bertz CT molecular complexity index is 6210. The molecule has 17 aromatic rings. The molecule has 0 unspecified atom stereocenters. The maximum absolute atomic E-state index is 2.75. The molecule has 21 rings (SSSR count). The maximum atomic E-state index is 2.75. The second kappa shape index (κ2) is 28.1. The summed E-state index contributed by atoms with van der Waals surface area (Å²) in [7, 11) is 0. The summed E-state index contributed by atoms with van der Waals surface area (Å²) >= 11 is 0. The van der Waals surface area contributed by atoms with Crippen LogP contribution in [0.2, 0.25) is 0 Å². The van der Waals surface area contributed by atoms with Crippen LogP contribution in [0.3, 0.4) is 0 Å². The molecule has 0 spiro atoms. The average Bonchev–Trinajstić information content (AvgIpc) is 1.48. The van der Waals surface area contributed by atoms with Crippen LogP contribution in [0, 0.1) is 0 Å². The Morgan fingerprint density at radius 3 is 0.773 bits per heavy atom. The molecule has 570 valence electrons. The largest absolute Gasteiger partial charge is 0.310 e. The van der Waals surface area contributed by atoms with Gasteiger partial charge in [-0.15, -0.1) is 0 Å². The number of benzene rings is 17. The third-order valence-electron chi connectivity index (χ3n) is 26.3. The van der Waals surface area contributed by atoms with Gasteiger partial charge in [-0.3, -0.25) is 0 Å². The van der Waals surface area contributed by atoms with Crippen LogP contribution < -0.4 is 26.2 Å². The molecule has 0 N–H and O–H groups in total. The summed E-state index contributed by atoms with van der Waals surface area (Å²) in [6.07, 6.45) is 0. The normalized spacial score (nSPS) is 13.8. The van der Waals surface area contributed by atoms with Crippen LogP contribution in [0.5, 0.6) is 0 Å². The number of nitrogens with zero attached hydrogens (tertiary/aromatic N) is 2. The number of hydrogen-bond donors (Lipinski definition) is 0. The Kier molecular flexibility index (Phi) is 17.2. The zero-order chi connectivity index (χ0) is 80.7. The van der Waals surface area contributed by atoms with Gasteiger partial charge in [-0.2, -0.15) is 0 Å². The molecule has 2 aliphatic carbocycles. The van der Waals surface area contributed by atoms with Crippen molar-refractivity contribution in [3.05, 3.63) is 462 Å². The van der Waals surface area contributed by atoms with Gasteiger partial charge in [-0.25, -0.2) is 0 Å². The van der Waals surface area contributed by atoms with Gasteiger partial charge >= 0.3 is 0 Å². The van der Waals surface area contributed by atoms with E-state index in [1.54, 1.807) is 0 Å². The molecular weight excluding hydrogens is 1430 g/mol. The van der Waals surface area contributed by atoms with Crippen molar-refractivity contribution in [2.24, 2.45) is 0 Å². The summed E-state index contributed by atoms with van der Waals surface area (Å²) < 4.78 is 0. The highest BCUT2D eigenvalue weighted by atomic mass is 15.2. The minimum atomic E-state index is -0.612. The molecule has 0 fully saturated rings. The van der Waals surface area contributed by atoms with Gasteiger partial charge in [0, 0.05) is 45.0 Å². The summed E-state index contributed by atoms with van der Waals surface area (Å²) in [5.41, 5.74) is 41.4. The van der Waals surface area contributed by atoms with E-state index < -0.39 is 10.8 Å². The molecule has 0 radical (unpaired) electrons. The number of hydrogen-bond acceptors (Lipinski definition) is 2. The SMILES string of the molecule is CC(C)(C)c1cc(-c2ccccc2)c(N2c3ccc(-c4cccc5c4-c4ccccc4C5(c4ccccc4)c4ccccc4)cc3B3c4cc(-c5cccc6c5-c5ccccc5C6(c5ccccc5)c5ccccc5)ccc4N(c4c(-c5ccccc5)cc(C(C)(C)C)cc4-c4ccccc4)c4cc(C(C)(C)C)cc2c43)c(-c2ccccc2)c1. The van der Waals surface area contributed by atoms with Crippen molar-refractivity contribution in [3.63, 3.8) is 0 Å². The van der Waals surface area contributed by atoms with Gasteiger partial charge in [0.25, 0.3) is 6.71 Å². The van der Waals surface area contributed by atoms with Crippen LogP contribution in [0.1, 0.15) is 124 Å². The van der Waals surface area contributed by atoms with E-state index in [9.17, 15) is 0 Å². The summed E-state index contributed by atoms with van der Waals surface area (Å²) in [5, 5.41) is 0. The standard InChI is InChI=1S/C116H93BN2/c1-112(2,3)86-70-93(76-40-18-10-19-41-76)110(94(71-86)77-42-20-11-21-43-77)118-103-66-64-80(89-58-38-62-99-107(89)91-56-34-36-60-97(91)115(99,82-48-26-14-27-49-82)83-50-28-15-29-51-83)68-101(103)117-102-69-81(90-59-39-63-100-108(90)92-57-35-37-61-98(92)116(100,84-52-30-16-31-53-84)85-54-32-17-33-55-85)65-67-104(102)119(106-75-88(114(7,8)9)74-105(118)109(106)117)111-95(78-44-22-12-23-45-78)72-87(113(4,5)6)73-96(111)79-46-24-13-25-47-79/h10-75H,1-9H3. The lowest BCUT2D eigenvalue weighted by atomic mass is 9.33. The zero-order valence-corrected chi connectivity index (χ0v) is 69.1. The van der Waals surface area contributed by atoms with Crippen molar-refractivity contribution in [2.45, 2.75) is 89.4 Å². The Hall–Kier alpha value is -13.6. The van der Waals surface area contributed by atoms with E-state index in [2.05, 4.69) is 472 Å². The first-order valence-corrected chi connectivity index (χ1v) is 42.3. The molecule has 2 nitrogen and oxygen atoms in total. The van der Waals surface area contributed by atoms with Crippen molar-refractivity contribution >= 4 is 57.2 Å². The first-order chi connectivity index (χ1) is 58.0. The minimum absolute atomic E-state index is 0.215. The third-order valence-corrected chi connectivity index (χ3v) is 26.3. The van der Waals surface area contributed by atoms with Crippen molar-refractivity contribution in [3.8, 4) is 89.0 Å². The number of anilines is 6. The second-order valence-electron chi connectivity index (χ2n) is 36.1. The summed E-state index contributed by atoms with van der Waals surface area (Å²) in [5.74, 6) is 0. The fourth-order valence-corrected chi connectivity index (χ4v) is 20.7. The molecule has 0 aromatic heterocycles. The Labute approximate surface area is 702 Å². The first kappa shape index (κ1) is 73.1. The number of fused-ring (bicyclic) bond motifs is 10. The molecule has 2 aliphatic heterocycles. The van der Waals surface area contributed by atoms with Crippen LogP contribution in [-0.2, 0) is 27.1 Å². The summed E-state index contributed by atoms with van der Waals surface area (Å²) in [4.78, 5) is 5.50. The smallest absolute Gasteiger partial charge is 0.252 e. The van der Waals surface area contributed by atoms with E-state index in [-0.39, 0.29) is 23.0 Å². The van der Waals surface area contributed by atoms with Gasteiger partial charge in [0.15, 0.2) is 0 Å². The minimum Gasteiger partial charge on any atom is -0.310 e. The molecule has 0 amide bonds. The Morgan fingerprint density at radius 1 is 0.210 bits per heavy atom. The van der Waals surface area contributed by atoms with E-state index >= 15 is 0 Å². The predicted octanol–water partition coefficient (Wildman–Crippen LogP) is 28.4. The summed E-state index contributed by atoms with van der Waals surface area (Å²) in [6.45, 7) is 21.1. The molecule has 17 aromatic carbocycles. The molecule has 119 heavy (non-hydrogen) atoms. The maximum Gasteiger partial charge on any atom is 0.252 e. The van der Waals surface area contributed by atoms with Gasteiger partial charge in [0.1, 0.15) is 0 Å². The van der Waals surface area contributed by atoms with E-state index in [0.717, 1.165) is 67.5 Å². The van der Waals surface area contributed by atoms with E-state index in [1.807, 2.05) is 0 Å². The second-order valence-corrected chi connectivity index (χ2v) is 36.1. The summed E-state index contributed by atoms with van der Waals surface area (Å²) in [6, 6.07) is 154. The molecule has 0 atom stereocenters. The van der Waals surface area contributed by atoms with Crippen LogP contribution >= 0.6 is 0 Å². The molecule has 0 saturated carbocycles. The highest BCUT2D eigenvalue weighted by Crippen LogP contribution is 2.62. The van der Waals surface area contributed by atoms with Gasteiger partial charge in [-0.1, -0.05) is 414 Å². The topological polar surface area (TPSA) is 6.48 Å². The Balaban J connectivity index is 0.934. The number of rotatable bonds is 12. The molecule has 0 bridgehead atoms. The lowest BCUT2D eigenvalue weighted by Gasteiger charge is -2.47. The van der Waals surface area contributed by atoms with Crippen LogP contribution in [-0.4, -0.2) is 6.71 Å². The van der Waals surface area contributed by atoms with Crippen molar-refractivity contribution in [1.29, 1.82) is 0 Å². The van der Waals surface area contributed by atoms with Gasteiger partial charge in [0.2, 0.25) is 0 Å². The molecule has 3 heteroatoms. The fourth-order valence-electron chi connectivity index (χ4n) is 20.7. The highest BCUT2D eigenvalue weighted by Gasteiger charge is 2.51. The van der Waals surface area contributed by atoms with Crippen LogP contribution in [0.15, 0.2) is 400 Å². The van der Waals surface area contributed by atoms with Gasteiger partial charge < -0.3 is 9.80 Å². The van der Waals surface area contributed by atoms with E-state index in [4.69, 9.17) is 0 Å². The van der Waals surface area contributed by atoms with E-state index in [0.29, 0.717) is 0 Å². The third kappa shape index (κ3) is 11.5. The van der Waals surface area contributed by atoms with Crippen molar-refractivity contribution in [2.75, 3.05) is 9.80 Å². The van der Waals surface area contributed by atoms with Crippen molar-refractivity contribution in [1.82, 2.24) is 0 Å². The van der Waals surface area contributed by atoms with Crippen molar-refractivity contribution < 1.29 is 0 Å². The monoisotopic (exact) mass is 1520 g/mol. The van der Waals surface area contributed by atoms with Gasteiger partial charge in [0.05, 0.1) is 22.2 Å². The first-order valence-electron chi connectivity index (χ1n) is 42.3. The average molecular weight is 1530 g/mol. The molecule has 2 heterocycles. The molecule has 4 aliphatic rings. The molecular formula is C116H93BN2. The molecule has 0 saturated heterocycles. The lowest BCUT2D eigenvalue weighted by Crippen LogP contribution is -2.61. The van der Waals surface area contributed by atoms with Gasteiger partial charge in [-0.05, 0) is 209 Å². The van der Waals surface area contributed by atoms with E-state index in [1.165, 1.54) is 133 Å². The highest BCUT2D eigenvalue weighted by molar-refractivity contribution is 7.00. The predicted molar refractivity (Wildman–Crippen MR) is 504 cm³/mol. The fraction of sp³-hybridized carbons (Fsp3) is 0.121. The zero-order valence-electron chi connectivity index (χ0n) is 69.1. The Morgan fingerprint density at radius 2 is 0.471 bits per heavy atom.